The molecule has 19 heavy (non-hydrogen) atoms. The topological polar surface area (TPSA) is 30.5 Å². The molecule has 0 aromatic heterocycles. The van der Waals surface area contributed by atoms with E-state index in [4.69, 9.17) is 9.47 Å². The largest absolute Gasteiger partial charge is 0.489 e. The quantitative estimate of drug-likeness (QED) is 0.828. The number of hydrogen-bond acceptors (Lipinski definition) is 3. The molecule has 1 aromatic rings. The second-order valence-corrected chi connectivity index (χ2v) is 5.27. The van der Waals surface area contributed by atoms with E-state index < -0.39 is 0 Å². The number of ether oxygens (including phenoxy) is 2. The van der Waals surface area contributed by atoms with Crippen LogP contribution in [0, 0.1) is 0 Å². The molecule has 3 heteroatoms. The lowest BCUT2D eigenvalue weighted by Crippen LogP contribution is -2.40. The van der Waals surface area contributed by atoms with E-state index in [0.717, 1.165) is 17.7 Å². The number of methoxy groups -OCH3 is 1. The minimum Gasteiger partial charge on any atom is -0.489 e. The van der Waals surface area contributed by atoms with Crippen LogP contribution >= 0.6 is 0 Å². The Bertz CT molecular complexity index is 381. The highest BCUT2D eigenvalue weighted by atomic mass is 16.5. The number of nitrogens with one attached hydrogen (secondary N) is 1. The summed E-state index contributed by atoms with van der Waals surface area (Å²) in [5, 5.41) is 3.40. The van der Waals surface area contributed by atoms with Gasteiger partial charge in [-0.05, 0) is 44.0 Å². The molecular weight excluding hydrogens is 238 g/mol. The molecule has 0 spiro atoms. The van der Waals surface area contributed by atoms with Crippen molar-refractivity contribution in [3.63, 3.8) is 0 Å². The molecule has 0 saturated heterocycles. The summed E-state index contributed by atoms with van der Waals surface area (Å²) in [5.74, 6) is 0.960. The van der Waals surface area contributed by atoms with E-state index >= 15 is 0 Å². The van der Waals surface area contributed by atoms with E-state index in [0.29, 0.717) is 12.6 Å². The van der Waals surface area contributed by atoms with E-state index in [9.17, 15) is 0 Å². The van der Waals surface area contributed by atoms with Crippen LogP contribution in [0.25, 0.3) is 0 Å². The lowest BCUT2D eigenvalue weighted by Gasteiger charge is -2.26. The third-order valence-corrected chi connectivity index (χ3v) is 3.82. The van der Waals surface area contributed by atoms with Crippen molar-refractivity contribution in [1.82, 2.24) is 5.32 Å². The first-order chi connectivity index (χ1) is 9.33. The van der Waals surface area contributed by atoms with Crippen molar-refractivity contribution in [2.45, 2.75) is 50.9 Å². The van der Waals surface area contributed by atoms with Crippen molar-refractivity contribution in [2.75, 3.05) is 14.2 Å². The number of likely N-dealkylation sites (N-methyl/N-ethyl adjacent to an activating group) is 1. The van der Waals surface area contributed by atoms with Crippen LogP contribution in [-0.4, -0.2) is 26.3 Å². The zero-order valence-corrected chi connectivity index (χ0v) is 12.0. The van der Waals surface area contributed by atoms with Gasteiger partial charge in [0.25, 0.3) is 0 Å². The van der Waals surface area contributed by atoms with Crippen molar-refractivity contribution < 1.29 is 9.47 Å². The molecule has 106 valence electrons. The Kier molecular flexibility index (Phi) is 5.67. The molecule has 1 fully saturated rings. The molecule has 3 nitrogen and oxygen atoms in total. The Hall–Kier alpha value is -1.06. The first-order valence-corrected chi connectivity index (χ1v) is 7.25. The standard InChI is InChI=1S/C16H25NO2/c1-17-15-9-4-3-5-10-16(15)19-14-8-6-7-13(11-14)12-18-2/h6-8,11,15-17H,3-5,9-10,12H2,1-2H3. The van der Waals surface area contributed by atoms with Crippen molar-refractivity contribution in [3.05, 3.63) is 29.8 Å². The van der Waals surface area contributed by atoms with Crippen LogP contribution in [0.2, 0.25) is 0 Å². The van der Waals surface area contributed by atoms with Crippen LogP contribution in [0.4, 0.5) is 0 Å². The molecule has 0 radical (unpaired) electrons. The van der Waals surface area contributed by atoms with Gasteiger partial charge < -0.3 is 14.8 Å². The van der Waals surface area contributed by atoms with Gasteiger partial charge in [-0.15, -0.1) is 0 Å². The summed E-state index contributed by atoms with van der Waals surface area (Å²) in [6, 6.07) is 8.69. The smallest absolute Gasteiger partial charge is 0.120 e. The van der Waals surface area contributed by atoms with Gasteiger partial charge in [0.15, 0.2) is 0 Å². The maximum atomic E-state index is 6.21. The number of rotatable bonds is 5. The molecule has 1 aliphatic carbocycles. The fourth-order valence-corrected chi connectivity index (χ4v) is 2.79. The zero-order chi connectivity index (χ0) is 13.5. The van der Waals surface area contributed by atoms with Crippen molar-refractivity contribution in [2.24, 2.45) is 0 Å². The third kappa shape index (κ3) is 4.22. The van der Waals surface area contributed by atoms with E-state index in [-0.39, 0.29) is 6.10 Å². The molecular formula is C16H25NO2. The normalized spacial score (nSPS) is 23.9. The maximum Gasteiger partial charge on any atom is 0.120 e. The van der Waals surface area contributed by atoms with Gasteiger partial charge in [-0.25, -0.2) is 0 Å². The first kappa shape index (κ1) is 14.4. The van der Waals surface area contributed by atoms with Gasteiger partial charge in [-0.3, -0.25) is 0 Å². The van der Waals surface area contributed by atoms with Crippen molar-refractivity contribution in [1.29, 1.82) is 0 Å². The highest BCUT2D eigenvalue weighted by Gasteiger charge is 2.23. The van der Waals surface area contributed by atoms with Crippen LogP contribution in [0.15, 0.2) is 24.3 Å². The average molecular weight is 263 g/mol. The predicted molar refractivity (Wildman–Crippen MR) is 77.5 cm³/mol. The second-order valence-electron chi connectivity index (χ2n) is 5.27. The van der Waals surface area contributed by atoms with E-state index in [1.54, 1.807) is 7.11 Å². The van der Waals surface area contributed by atoms with Crippen LogP contribution in [0.5, 0.6) is 5.75 Å². The number of hydrogen-bond donors (Lipinski definition) is 1. The van der Waals surface area contributed by atoms with Crippen LogP contribution < -0.4 is 10.1 Å². The predicted octanol–water partition coefficient (Wildman–Crippen LogP) is 3.13. The molecule has 0 aliphatic heterocycles. The highest BCUT2D eigenvalue weighted by molar-refractivity contribution is 5.28. The molecule has 0 amide bonds. The minimum atomic E-state index is 0.283. The summed E-state index contributed by atoms with van der Waals surface area (Å²) in [4.78, 5) is 0. The average Bonchev–Trinajstić information content (AvgIpc) is 2.64. The van der Waals surface area contributed by atoms with Crippen LogP contribution in [-0.2, 0) is 11.3 Å². The van der Waals surface area contributed by atoms with Gasteiger partial charge in [0, 0.05) is 13.2 Å². The van der Waals surface area contributed by atoms with Gasteiger partial charge in [0.1, 0.15) is 11.9 Å². The van der Waals surface area contributed by atoms with E-state index in [1.807, 2.05) is 19.2 Å². The fraction of sp³-hybridized carbons (Fsp3) is 0.625. The van der Waals surface area contributed by atoms with Gasteiger partial charge in [-0.1, -0.05) is 25.0 Å². The fourth-order valence-electron chi connectivity index (χ4n) is 2.79. The Balaban J connectivity index is 2.03. The van der Waals surface area contributed by atoms with Gasteiger partial charge in [0.05, 0.1) is 6.61 Å². The second kappa shape index (κ2) is 7.51. The number of benzene rings is 1. The summed E-state index contributed by atoms with van der Waals surface area (Å²) in [6.07, 6.45) is 6.52. The Morgan fingerprint density at radius 2 is 2.05 bits per heavy atom. The first-order valence-electron chi connectivity index (χ1n) is 7.25. The molecule has 2 rings (SSSR count). The molecule has 2 unspecified atom stereocenters. The molecule has 0 heterocycles. The van der Waals surface area contributed by atoms with Crippen LogP contribution in [0.1, 0.15) is 37.7 Å². The zero-order valence-electron chi connectivity index (χ0n) is 12.0. The van der Waals surface area contributed by atoms with Crippen LogP contribution in [0.3, 0.4) is 0 Å². The molecule has 1 N–H and O–H groups in total. The minimum absolute atomic E-state index is 0.283. The third-order valence-electron chi connectivity index (χ3n) is 3.82. The molecule has 0 bridgehead atoms. The molecule has 1 aliphatic rings. The van der Waals surface area contributed by atoms with Crippen molar-refractivity contribution in [3.8, 4) is 5.75 Å². The Morgan fingerprint density at radius 3 is 2.84 bits per heavy atom. The molecule has 2 atom stereocenters. The lowest BCUT2D eigenvalue weighted by atomic mass is 10.1. The lowest BCUT2D eigenvalue weighted by molar-refractivity contribution is 0.147. The molecule has 1 aromatic carbocycles. The van der Waals surface area contributed by atoms with Gasteiger partial charge in [-0.2, -0.15) is 0 Å². The van der Waals surface area contributed by atoms with Crippen molar-refractivity contribution >= 4 is 0 Å². The maximum absolute atomic E-state index is 6.21. The summed E-state index contributed by atoms with van der Waals surface area (Å²) < 4.78 is 11.4. The Labute approximate surface area is 116 Å². The monoisotopic (exact) mass is 263 g/mol. The summed E-state index contributed by atoms with van der Waals surface area (Å²) in [5.41, 5.74) is 1.16. The van der Waals surface area contributed by atoms with E-state index in [1.165, 1.54) is 25.7 Å². The SMILES string of the molecule is CNC1CCCCCC1Oc1cccc(COC)c1. The van der Waals surface area contributed by atoms with Gasteiger partial charge in [0.2, 0.25) is 0 Å². The Morgan fingerprint density at radius 1 is 1.21 bits per heavy atom. The summed E-state index contributed by atoms with van der Waals surface area (Å²) in [7, 11) is 3.75. The highest BCUT2D eigenvalue weighted by Crippen LogP contribution is 2.24. The summed E-state index contributed by atoms with van der Waals surface area (Å²) in [6.45, 7) is 0.636. The summed E-state index contributed by atoms with van der Waals surface area (Å²) >= 11 is 0. The van der Waals surface area contributed by atoms with E-state index in [2.05, 4.69) is 17.4 Å². The molecule has 1 saturated carbocycles. The van der Waals surface area contributed by atoms with Gasteiger partial charge >= 0.3 is 0 Å².